The predicted molar refractivity (Wildman–Crippen MR) is 82.4 cm³/mol. The van der Waals surface area contributed by atoms with Crippen LogP contribution < -0.4 is 10.2 Å². The number of nitrogens with zero attached hydrogens (tertiary/aromatic N) is 1. The molecule has 1 unspecified atom stereocenters. The highest BCUT2D eigenvalue weighted by atomic mass is 15.3. The minimum absolute atomic E-state index is 0.307. The van der Waals surface area contributed by atoms with Gasteiger partial charge in [0, 0.05) is 7.05 Å². The lowest BCUT2D eigenvalue weighted by atomic mass is 10.1. The van der Waals surface area contributed by atoms with E-state index >= 15 is 0 Å². The van der Waals surface area contributed by atoms with Crippen molar-refractivity contribution in [2.24, 2.45) is 0 Å². The van der Waals surface area contributed by atoms with Gasteiger partial charge in [-0.2, -0.15) is 0 Å². The fourth-order valence-corrected chi connectivity index (χ4v) is 2.18. The molecule has 1 N–H and O–H groups in total. The highest BCUT2D eigenvalue weighted by Crippen LogP contribution is 2.38. The van der Waals surface area contributed by atoms with Crippen LogP contribution in [0.25, 0.3) is 0 Å². The number of nitrogens with one attached hydrogen (secondary N) is 1. The van der Waals surface area contributed by atoms with Crippen molar-refractivity contribution in [3.8, 4) is 0 Å². The lowest BCUT2D eigenvalue weighted by Gasteiger charge is -2.24. The van der Waals surface area contributed by atoms with Crippen LogP contribution in [0.1, 0.15) is 40.2 Å². The maximum atomic E-state index is 3.60. The van der Waals surface area contributed by atoms with Gasteiger partial charge in [-0.15, -0.1) is 0 Å². The van der Waals surface area contributed by atoms with Gasteiger partial charge in [-0.05, 0) is 44.9 Å². The van der Waals surface area contributed by atoms with Crippen molar-refractivity contribution in [2.45, 2.75) is 47.7 Å². The zero-order chi connectivity index (χ0) is 13.9. The third-order valence-corrected chi connectivity index (χ3v) is 3.50. The lowest BCUT2D eigenvalue weighted by Crippen LogP contribution is -2.33. The predicted octanol–water partition coefficient (Wildman–Crippen LogP) is 4.57. The van der Waals surface area contributed by atoms with Gasteiger partial charge in [0.15, 0.2) is 0 Å². The second-order valence-corrected chi connectivity index (χ2v) is 4.81. The van der Waals surface area contributed by atoms with Crippen molar-refractivity contribution in [1.82, 2.24) is 0 Å². The summed E-state index contributed by atoms with van der Waals surface area (Å²) < 4.78 is 0. The van der Waals surface area contributed by atoms with Gasteiger partial charge in [0.25, 0.3) is 0 Å². The topological polar surface area (TPSA) is 15.3 Å². The second-order valence-electron chi connectivity index (χ2n) is 4.81. The molecule has 0 amide bonds. The highest BCUT2D eigenvalue weighted by Gasteiger charge is 2.27. The molecule has 0 aromatic heterocycles. The van der Waals surface area contributed by atoms with Crippen LogP contribution in [0.4, 0.5) is 11.4 Å². The second kappa shape index (κ2) is 5.94. The SMILES string of the molecule is CC.CC(C)=C(C)C1Nc2c(C)cccc2N1C. The van der Waals surface area contributed by atoms with E-state index in [1.165, 1.54) is 28.1 Å². The summed E-state index contributed by atoms with van der Waals surface area (Å²) in [5.41, 5.74) is 6.67. The van der Waals surface area contributed by atoms with Gasteiger partial charge in [0.05, 0.1) is 11.4 Å². The van der Waals surface area contributed by atoms with E-state index in [-0.39, 0.29) is 0 Å². The molecule has 0 spiro atoms. The number of aryl methyl sites for hydroxylation is 1. The van der Waals surface area contributed by atoms with Gasteiger partial charge < -0.3 is 10.2 Å². The maximum absolute atomic E-state index is 3.60. The lowest BCUT2D eigenvalue weighted by molar-refractivity contribution is 0.817. The monoisotopic (exact) mass is 246 g/mol. The highest BCUT2D eigenvalue weighted by molar-refractivity contribution is 5.79. The zero-order valence-electron chi connectivity index (χ0n) is 12.8. The molecular weight excluding hydrogens is 220 g/mol. The Balaban J connectivity index is 0.000000771. The molecule has 1 atom stereocenters. The Morgan fingerprint density at radius 3 is 2.28 bits per heavy atom. The molecule has 0 bridgehead atoms. The summed E-state index contributed by atoms with van der Waals surface area (Å²) in [6.07, 6.45) is 0.307. The first-order chi connectivity index (χ1) is 8.52. The summed E-state index contributed by atoms with van der Waals surface area (Å²) in [5, 5.41) is 3.60. The van der Waals surface area contributed by atoms with E-state index in [1.807, 2.05) is 13.8 Å². The summed E-state index contributed by atoms with van der Waals surface area (Å²) in [6.45, 7) is 12.7. The molecule has 1 aromatic carbocycles. The van der Waals surface area contributed by atoms with E-state index in [9.17, 15) is 0 Å². The summed E-state index contributed by atoms with van der Waals surface area (Å²) in [4.78, 5) is 2.31. The Bertz CT molecular complexity index is 442. The molecule has 0 radical (unpaired) electrons. The molecule has 1 aromatic rings. The Hall–Kier alpha value is -1.44. The van der Waals surface area contributed by atoms with Crippen molar-refractivity contribution in [3.05, 3.63) is 34.9 Å². The molecule has 0 saturated carbocycles. The van der Waals surface area contributed by atoms with Crippen molar-refractivity contribution < 1.29 is 0 Å². The minimum atomic E-state index is 0.307. The van der Waals surface area contributed by atoms with E-state index < -0.39 is 0 Å². The summed E-state index contributed by atoms with van der Waals surface area (Å²) >= 11 is 0. The van der Waals surface area contributed by atoms with Gasteiger partial charge in [0.1, 0.15) is 6.17 Å². The molecule has 0 aliphatic carbocycles. The molecule has 1 heterocycles. The fourth-order valence-electron chi connectivity index (χ4n) is 2.18. The standard InChI is InChI=1S/C14H20N2.C2H6/c1-9(2)11(4)14-15-13-10(3)7-6-8-12(13)16(14)5;1-2/h6-8,14-15H,1-5H3;1-2H3. The van der Waals surface area contributed by atoms with Crippen LogP contribution in [-0.4, -0.2) is 13.2 Å². The number of fused-ring (bicyclic) bond motifs is 1. The molecular formula is C16H26N2. The maximum Gasteiger partial charge on any atom is 0.121 e. The van der Waals surface area contributed by atoms with Gasteiger partial charge >= 0.3 is 0 Å². The number of rotatable bonds is 1. The number of para-hydroxylation sites is 1. The summed E-state index contributed by atoms with van der Waals surface area (Å²) in [5.74, 6) is 0. The van der Waals surface area contributed by atoms with Gasteiger partial charge in [0.2, 0.25) is 0 Å². The van der Waals surface area contributed by atoms with Crippen LogP contribution in [-0.2, 0) is 0 Å². The summed E-state index contributed by atoms with van der Waals surface area (Å²) in [7, 11) is 2.15. The van der Waals surface area contributed by atoms with Crippen LogP contribution in [0, 0.1) is 6.92 Å². The minimum Gasteiger partial charge on any atom is -0.360 e. The normalized spacial score (nSPS) is 16.4. The zero-order valence-corrected chi connectivity index (χ0v) is 12.8. The molecule has 0 saturated heterocycles. The Morgan fingerprint density at radius 1 is 1.17 bits per heavy atom. The van der Waals surface area contributed by atoms with Gasteiger partial charge in [-0.25, -0.2) is 0 Å². The van der Waals surface area contributed by atoms with Crippen LogP contribution in [0.15, 0.2) is 29.3 Å². The molecule has 100 valence electrons. The van der Waals surface area contributed by atoms with Crippen molar-refractivity contribution in [1.29, 1.82) is 0 Å². The average Bonchev–Trinajstić information content (AvgIpc) is 2.70. The first kappa shape index (κ1) is 14.6. The van der Waals surface area contributed by atoms with E-state index in [0.717, 1.165) is 0 Å². The van der Waals surface area contributed by atoms with Crippen molar-refractivity contribution >= 4 is 11.4 Å². The quantitative estimate of drug-likeness (QED) is 0.730. The Labute approximate surface area is 112 Å². The first-order valence-corrected chi connectivity index (χ1v) is 6.75. The summed E-state index contributed by atoms with van der Waals surface area (Å²) in [6, 6.07) is 6.44. The number of hydrogen-bond acceptors (Lipinski definition) is 2. The Morgan fingerprint density at radius 2 is 1.78 bits per heavy atom. The first-order valence-electron chi connectivity index (χ1n) is 6.75. The molecule has 1 aliphatic rings. The smallest absolute Gasteiger partial charge is 0.121 e. The average molecular weight is 246 g/mol. The largest absolute Gasteiger partial charge is 0.360 e. The third kappa shape index (κ3) is 2.53. The third-order valence-electron chi connectivity index (χ3n) is 3.50. The van der Waals surface area contributed by atoms with E-state index in [2.05, 4.69) is 63.2 Å². The van der Waals surface area contributed by atoms with Crippen LogP contribution in [0.2, 0.25) is 0 Å². The number of allylic oxidation sites excluding steroid dienone is 1. The van der Waals surface area contributed by atoms with Crippen molar-refractivity contribution in [2.75, 3.05) is 17.3 Å². The van der Waals surface area contributed by atoms with Crippen LogP contribution in [0.3, 0.4) is 0 Å². The van der Waals surface area contributed by atoms with E-state index in [0.29, 0.717) is 6.17 Å². The number of anilines is 2. The fraction of sp³-hybridized carbons (Fsp3) is 0.500. The molecule has 1 aliphatic heterocycles. The van der Waals surface area contributed by atoms with E-state index in [1.54, 1.807) is 0 Å². The molecule has 0 fully saturated rings. The van der Waals surface area contributed by atoms with Crippen molar-refractivity contribution in [3.63, 3.8) is 0 Å². The van der Waals surface area contributed by atoms with Gasteiger partial charge in [-0.3, -0.25) is 0 Å². The molecule has 2 heteroatoms. The number of benzene rings is 1. The van der Waals surface area contributed by atoms with Gasteiger partial charge in [-0.1, -0.05) is 31.6 Å². The van der Waals surface area contributed by atoms with Crippen LogP contribution >= 0.6 is 0 Å². The molecule has 2 rings (SSSR count). The number of likely N-dealkylation sites (N-methyl/N-ethyl adjacent to an activating group) is 1. The Kier molecular flexibility index (Phi) is 4.83. The number of hydrogen-bond donors (Lipinski definition) is 1. The molecule has 18 heavy (non-hydrogen) atoms. The van der Waals surface area contributed by atoms with Crippen LogP contribution in [0.5, 0.6) is 0 Å². The van der Waals surface area contributed by atoms with E-state index in [4.69, 9.17) is 0 Å². The molecule has 2 nitrogen and oxygen atoms in total.